The minimum Gasteiger partial charge on any atom is -0.497 e. The highest BCUT2D eigenvalue weighted by atomic mass is 16.5. The maximum Gasteiger partial charge on any atom is 0.317 e. The zero-order valence-corrected chi connectivity index (χ0v) is 19.9. The van der Waals surface area contributed by atoms with Gasteiger partial charge in [0.25, 0.3) is 0 Å². The third-order valence-corrected chi connectivity index (χ3v) is 6.37. The number of nitrogens with zero attached hydrogens (tertiary/aromatic N) is 5. The zero-order valence-electron chi connectivity index (χ0n) is 19.9. The molecule has 1 fully saturated rings. The summed E-state index contributed by atoms with van der Waals surface area (Å²) < 4.78 is 7.42. The van der Waals surface area contributed by atoms with Gasteiger partial charge in [-0.3, -0.25) is 9.47 Å². The van der Waals surface area contributed by atoms with E-state index in [1.165, 1.54) is 5.56 Å². The van der Waals surface area contributed by atoms with Gasteiger partial charge in [-0.05, 0) is 48.4 Å². The monoisotopic (exact) mass is 470 g/mol. The van der Waals surface area contributed by atoms with Gasteiger partial charge in [0.15, 0.2) is 5.65 Å². The van der Waals surface area contributed by atoms with Crippen LogP contribution in [0, 0.1) is 0 Å². The second kappa shape index (κ2) is 10.6. The summed E-state index contributed by atoms with van der Waals surface area (Å²) in [5, 5.41) is 3.06. The molecule has 0 radical (unpaired) electrons. The lowest BCUT2D eigenvalue weighted by Crippen LogP contribution is -2.51. The number of hydrogen-bond donors (Lipinski definition) is 1. The number of pyridine rings is 1. The van der Waals surface area contributed by atoms with E-state index < -0.39 is 0 Å². The van der Waals surface area contributed by atoms with Crippen molar-refractivity contribution in [3.63, 3.8) is 0 Å². The number of rotatable bonds is 7. The summed E-state index contributed by atoms with van der Waals surface area (Å²) in [6.45, 7) is 4.31. The Morgan fingerprint density at radius 1 is 0.971 bits per heavy atom. The summed E-state index contributed by atoms with van der Waals surface area (Å²) in [6.07, 6.45) is 2.63. The fourth-order valence-corrected chi connectivity index (χ4v) is 4.45. The zero-order chi connectivity index (χ0) is 24.0. The highest BCUT2D eigenvalue weighted by Crippen LogP contribution is 2.23. The van der Waals surface area contributed by atoms with Crippen LogP contribution >= 0.6 is 0 Å². The average molecular weight is 471 g/mol. The fourth-order valence-electron chi connectivity index (χ4n) is 4.45. The number of nitrogens with one attached hydrogen (secondary N) is 1. The van der Waals surface area contributed by atoms with Gasteiger partial charge in [-0.1, -0.05) is 30.3 Å². The molecule has 0 bridgehead atoms. The molecule has 8 heteroatoms. The normalized spacial score (nSPS) is 14.3. The van der Waals surface area contributed by atoms with Crippen LogP contribution in [0.15, 0.2) is 72.9 Å². The molecule has 35 heavy (non-hydrogen) atoms. The molecule has 2 aromatic heterocycles. The smallest absolute Gasteiger partial charge is 0.317 e. The number of methoxy groups -OCH3 is 1. The molecule has 4 aromatic rings. The predicted octanol–water partition coefficient (Wildman–Crippen LogP) is 3.50. The molecular weight excluding hydrogens is 440 g/mol. The first-order valence-corrected chi connectivity index (χ1v) is 12.0. The van der Waals surface area contributed by atoms with E-state index in [4.69, 9.17) is 9.72 Å². The lowest BCUT2D eigenvalue weighted by Gasteiger charge is -2.34. The molecule has 5 rings (SSSR count). The average Bonchev–Trinajstić information content (AvgIpc) is 3.27. The first kappa shape index (κ1) is 22.9. The van der Waals surface area contributed by atoms with Crippen molar-refractivity contribution in [2.45, 2.75) is 13.0 Å². The summed E-state index contributed by atoms with van der Waals surface area (Å²) in [5.41, 5.74) is 3.93. The van der Waals surface area contributed by atoms with Crippen LogP contribution in [0.2, 0.25) is 0 Å². The Labute approximate surface area is 205 Å². The van der Waals surface area contributed by atoms with Gasteiger partial charge in [-0.15, -0.1) is 0 Å². The number of piperazine rings is 1. The van der Waals surface area contributed by atoms with Gasteiger partial charge < -0.3 is 15.0 Å². The first-order valence-electron chi connectivity index (χ1n) is 12.0. The molecule has 0 aliphatic carbocycles. The lowest BCUT2D eigenvalue weighted by atomic mass is 10.1. The SMILES string of the molecule is COc1ccc(-n2c(CN3CCN(C(=O)NCCc4ccccc4)CC3)nc3cccnc32)cc1. The Morgan fingerprint density at radius 2 is 1.74 bits per heavy atom. The molecule has 2 aromatic carbocycles. The quantitative estimate of drug-likeness (QED) is 0.448. The Balaban J connectivity index is 1.21. The van der Waals surface area contributed by atoms with Crippen LogP contribution in [0.4, 0.5) is 4.79 Å². The van der Waals surface area contributed by atoms with Crippen LogP contribution in [-0.2, 0) is 13.0 Å². The van der Waals surface area contributed by atoms with Gasteiger partial charge in [0, 0.05) is 44.6 Å². The lowest BCUT2D eigenvalue weighted by molar-refractivity contribution is 0.133. The molecule has 3 heterocycles. The molecule has 2 amide bonds. The maximum absolute atomic E-state index is 12.6. The number of hydrogen-bond acceptors (Lipinski definition) is 5. The third kappa shape index (κ3) is 5.27. The predicted molar refractivity (Wildman–Crippen MR) is 136 cm³/mol. The number of ether oxygens (including phenoxy) is 1. The van der Waals surface area contributed by atoms with E-state index in [9.17, 15) is 4.79 Å². The van der Waals surface area contributed by atoms with Crippen LogP contribution in [0.25, 0.3) is 16.9 Å². The molecule has 0 spiro atoms. The van der Waals surface area contributed by atoms with Crippen molar-refractivity contribution in [3.05, 3.63) is 84.3 Å². The first-order chi connectivity index (χ1) is 17.2. The molecule has 1 N–H and O–H groups in total. The van der Waals surface area contributed by atoms with Crippen molar-refractivity contribution in [3.8, 4) is 11.4 Å². The van der Waals surface area contributed by atoms with Gasteiger partial charge in [0.05, 0.1) is 13.7 Å². The van der Waals surface area contributed by atoms with E-state index in [0.717, 1.165) is 47.9 Å². The second-order valence-electron chi connectivity index (χ2n) is 8.64. The highest BCUT2D eigenvalue weighted by Gasteiger charge is 2.23. The standard InChI is InChI=1S/C27H30N6O2/c1-35-23-11-9-22(10-12-23)33-25(30-24-8-5-14-28-26(24)33)20-31-16-18-32(19-17-31)27(34)29-15-13-21-6-3-2-4-7-21/h2-12,14H,13,15-20H2,1H3,(H,29,34). The number of imidazole rings is 1. The second-order valence-corrected chi connectivity index (χ2v) is 8.64. The van der Waals surface area contributed by atoms with Gasteiger partial charge in [-0.2, -0.15) is 0 Å². The minimum absolute atomic E-state index is 0.00949. The number of amides is 2. The topological polar surface area (TPSA) is 75.5 Å². The van der Waals surface area contributed by atoms with E-state index in [0.29, 0.717) is 26.2 Å². The number of aromatic nitrogens is 3. The Bertz CT molecular complexity index is 1260. The number of carbonyl (C=O) groups excluding carboxylic acids is 1. The summed E-state index contributed by atoms with van der Waals surface area (Å²) in [4.78, 5) is 26.3. The highest BCUT2D eigenvalue weighted by molar-refractivity contribution is 5.74. The van der Waals surface area contributed by atoms with E-state index >= 15 is 0 Å². The van der Waals surface area contributed by atoms with Gasteiger partial charge >= 0.3 is 6.03 Å². The van der Waals surface area contributed by atoms with Gasteiger partial charge in [0.1, 0.15) is 17.1 Å². The Kier molecular flexibility index (Phi) is 6.90. The minimum atomic E-state index is 0.00949. The molecule has 0 atom stereocenters. The van der Waals surface area contributed by atoms with Crippen LogP contribution < -0.4 is 10.1 Å². The summed E-state index contributed by atoms with van der Waals surface area (Å²) in [5.74, 6) is 1.75. The number of carbonyl (C=O) groups is 1. The van der Waals surface area contributed by atoms with E-state index in [-0.39, 0.29) is 6.03 Å². The van der Waals surface area contributed by atoms with Crippen molar-refractivity contribution in [2.75, 3.05) is 39.8 Å². The number of benzene rings is 2. The molecule has 1 aliphatic rings. The molecule has 1 aliphatic heterocycles. The molecule has 8 nitrogen and oxygen atoms in total. The summed E-state index contributed by atoms with van der Waals surface area (Å²) in [7, 11) is 1.66. The molecule has 0 unspecified atom stereocenters. The van der Waals surface area contributed by atoms with Crippen molar-refractivity contribution < 1.29 is 9.53 Å². The van der Waals surface area contributed by atoms with Gasteiger partial charge in [0.2, 0.25) is 0 Å². The molecule has 180 valence electrons. The van der Waals surface area contributed by atoms with Crippen molar-refractivity contribution in [1.82, 2.24) is 29.7 Å². The summed E-state index contributed by atoms with van der Waals surface area (Å²) >= 11 is 0. The molecular formula is C27H30N6O2. The Hall–Kier alpha value is -3.91. The van der Waals surface area contributed by atoms with Crippen LogP contribution in [0.5, 0.6) is 5.75 Å². The van der Waals surface area contributed by atoms with Crippen LogP contribution in [0.3, 0.4) is 0 Å². The van der Waals surface area contributed by atoms with E-state index in [1.54, 1.807) is 13.3 Å². The van der Waals surface area contributed by atoms with E-state index in [1.807, 2.05) is 59.5 Å². The molecule has 0 saturated carbocycles. The maximum atomic E-state index is 12.6. The summed E-state index contributed by atoms with van der Waals surface area (Å²) in [6, 6.07) is 22.1. The van der Waals surface area contributed by atoms with Crippen LogP contribution in [-0.4, -0.2) is 70.2 Å². The third-order valence-electron chi connectivity index (χ3n) is 6.37. The Morgan fingerprint density at radius 3 is 2.49 bits per heavy atom. The van der Waals surface area contributed by atoms with Crippen molar-refractivity contribution >= 4 is 17.2 Å². The fraction of sp³-hybridized carbons (Fsp3) is 0.296. The molecule has 1 saturated heterocycles. The van der Waals surface area contributed by atoms with Crippen molar-refractivity contribution in [1.29, 1.82) is 0 Å². The van der Waals surface area contributed by atoms with Crippen molar-refractivity contribution in [2.24, 2.45) is 0 Å². The largest absolute Gasteiger partial charge is 0.497 e. The van der Waals surface area contributed by atoms with Gasteiger partial charge in [-0.25, -0.2) is 14.8 Å². The number of fused-ring (bicyclic) bond motifs is 1. The number of urea groups is 1. The van der Waals surface area contributed by atoms with E-state index in [2.05, 4.69) is 31.9 Å². The van der Waals surface area contributed by atoms with Crippen LogP contribution in [0.1, 0.15) is 11.4 Å².